The van der Waals surface area contributed by atoms with E-state index >= 15 is 0 Å². The second-order valence-corrected chi connectivity index (χ2v) is 7.54. The summed E-state index contributed by atoms with van der Waals surface area (Å²) in [6.45, 7) is 2.58. The van der Waals surface area contributed by atoms with E-state index in [2.05, 4.69) is 17.4 Å². The number of fused-ring (bicyclic) bond motifs is 1. The number of nitrogens with zero attached hydrogens (tertiary/aromatic N) is 1. The Morgan fingerprint density at radius 1 is 1.15 bits per heavy atom. The van der Waals surface area contributed by atoms with Crippen molar-refractivity contribution in [2.75, 3.05) is 5.32 Å². The van der Waals surface area contributed by atoms with Crippen LogP contribution in [0.5, 0.6) is 5.75 Å². The topological polar surface area (TPSA) is 71.3 Å². The highest BCUT2D eigenvalue weighted by atomic mass is 16.3. The summed E-state index contributed by atoms with van der Waals surface area (Å²) >= 11 is 0. The molecule has 5 heteroatoms. The highest BCUT2D eigenvalue weighted by Crippen LogP contribution is 2.42. The minimum atomic E-state index is -0.201. The lowest BCUT2D eigenvalue weighted by Gasteiger charge is -2.29. The minimum absolute atomic E-state index is 0.00678. The van der Waals surface area contributed by atoms with Gasteiger partial charge in [-0.2, -0.15) is 0 Å². The van der Waals surface area contributed by atoms with Crippen molar-refractivity contribution in [3.05, 3.63) is 69.0 Å². The molecule has 1 aromatic heterocycles. The number of para-hydroxylation sites is 1. The highest BCUT2D eigenvalue weighted by molar-refractivity contribution is 5.97. The number of phenols is 1. The molecule has 2 N–H and O–H groups in total. The molecule has 2 aliphatic heterocycles. The lowest BCUT2D eigenvalue weighted by Crippen LogP contribution is -2.28. The van der Waals surface area contributed by atoms with Gasteiger partial charge < -0.3 is 15.0 Å². The Bertz CT molecular complexity index is 1180. The molecule has 136 valence electrons. The van der Waals surface area contributed by atoms with Crippen molar-refractivity contribution in [2.24, 2.45) is 0 Å². The number of carbonyl (C=O) groups is 1. The quantitative estimate of drug-likeness (QED) is 0.698. The molecule has 0 aliphatic carbocycles. The van der Waals surface area contributed by atoms with E-state index in [1.54, 1.807) is 12.1 Å². The predicted octanol–water partition coefficient (Wildman–Crippen LogP) is 3.44. The van der Waals surface area contributed by atoms with Crippen molar-refractivity contribution >= 4 is 22.5 Å². The number of aromatic hydroxyl groups is 1. The molecule has 5 nitrogen and oxygen atoms in total. The van der Waals surface area contributed by atoms with Gasteiger partial charge in [-0.05, 0) is 48.1 Å². The number of anilines is 1. The zero-order valence-corrected chi connectivity index (χ0v) is 15.1. The van der Waals surface area contributed by atoms with E-state index < -0.39 is 0 Å². The average molecular weight is 360 g/mol. The fraction of sp³-hybridized carbons (Fsp3) is 0.273. The van der Waals surface area contributed by atoms with Gasteiger partial charge in [-0.25, -0.2) is 0 Å². The van der Waals surface area contributed by atoms with Gasteiger partial charge in [0.15, 0.2) is 0 Å². The van der Waals surface area contributed by atoms with Crippen LogP contribution in [0.3, 0.4) is 0 Å². The highest BCUT2D eigenvalue weighted by Gasteiger charge is 2.30. The van der Waals surface area contributed by atoms with E-state index in [1.807, 2.05) is 23.6 Å². The zero-order chi connectivity index (χ0) is 18.7. The summed E-state index contributed by atoms with van der Waals surface area (Å²) in [5.74, 6) is -0.143. The molecule has 3 aromatic rings. The summed E-state index contributed by atoms with van der Waals surface area (Å²) in [5.41, 5.74) is 5.43. The number of amides is 1. The maximum atomic E-state index is 12.9. The van der Waals surface area contributed by atoms with Crippen LogP contribution in [0.25, 0.3) is 10.9 Å². The number of pyridine rings is 1. The molecule has 0 spiro atoms. The molecule has 1 amide bonds. The van der Waals surface area contributed by atoms with E-state index in [0.29, 0.717) is 12.1 Å². The molecule has 0 radical (unpaired) electrons. The van der Waals surface area contributed by atoms with Crippen LogP contribution in [-0.4, -0.2) is 15.6 Å². The molecule has 0 saturated carbocycles. The minimum Gasteiger partial charge on any atom is -0.508 e. The first-order chi connectivity index (χ1) is 13.0. The van der Waals surface area contributed by atoms with Gasteiger partial charge in [0.2, 0.25) is 5.91 Å². The number of aryl methyl sites for hydroxylation is 3. The van der Waals surface area contributed by atoms with Gasteiger partial charge in [0.1, 0.15) is 5.75 Å². The second kappa shape index (κ2) is 5.71. The van der Waals surface area contributed by atoms with Crippen LogP contribution in [0.4, 0.5) is 5.69 Å². The van der Waals surface area contributed by atoms with Gasteiger partial charge in [0.05, 0.1) is 5.52 Å². The third-order valence-corrected chi connectivity index (χ3v) is 5.86. The third kappa shape index (κ3) is 2.38. The van der Waals surface area contributed by atoms with Gasteiger partial charge in [-0.15, -0.1) is 0 Å². The number of carbonyl (C=O) groups excluding carboxylic acids is 1. The van der Waals surface area contributed by atoms with Crippen molar-refractivity contribution in [3.63, 3.8) is 0 Å². The molecule has 1 atom stereocenters. The maximum absolute atomic E-state index is 12.9. The summed E-state index contributed by atoms with van der Waals surface area (Å²) in [4.78, 5) is 25.2. The average Bonchev–Trinajstić information content (AvgIpc) is 2.65. The summed E-state index contributed by atoms with van der Waals surface area (Å²) in [6, 6.07) is 11.4. The van der Waals surface area contributed by atoms with E-state index in [1.165, 1.54) is 5.56 Å². The monoisotopic (exact) mass is 360 g/mol. The molecule has 2 aliphatic rings. The van der Waals surface area contributed by atoms with E-state index in [9.17, 15) is 14.7 Å². The van der Waals surface area contributed by atoms with E-state index in [0.717, 1.165) is 47.0 Å². The standard InChI is InChI=1S/C22H20N2O3/c1-12-8-17-15(9-20(26)23-18(17)11-19(12)25)16-10-21(27)24-7-3-5-13-4-2-6-14(16)22(13)24/h2,4,6,8,10-11,15,25H,3,5,7,9H2,1H3,(H,23,26). The zero-order valence-electron chi connectivity index (χ0n) is 15.1. The predicted molar refractivity (Wildman–Crippen MR) is 104 cm³/mol. The maximum Gasteiger partial charge on any atom is 0.251 e. The molecule has 0 fully saturated rings. The molecule has 5 rings (SSSR count). The Morgan fingerprint density at radius 2 is 2.00 bits per heavy atom. The van der Waals surface area contributed by atoms with Crippen molar-refractivity contribution in [1.29, 1.82) is 0 Å². The fourth-order valence-electron chi connectivity index (χ4n) is 4.57. The smallest absolute Gasteiger partial charge is 0.251 e. The van der Waals surface area contributed by atoms with Gasteiger partial charge in [-0.1, -0.05) is 18.2 Å². The number of hydrogen-bond acceptors (Lipinski definition) is 3. The van der Waals surface area contributed by atoms with Crippen molar-refractivity contribution in [1.82, 2.24) is 4.57 Å². The summed E-state index contributed by atoms with van der Waals surface area (Å²) in [7, 11) is 0. The van der Waals surface area contributed by atoms with Gasteiger partial charge in [0.25, 0.3) is 5.56 Å². The first-order valence-electron chi connectivity index (χ1n) is 9.31. The van der Waals surface area contributed by atoms with Crippen LogP contribution >= 0.6 is 0 Å². The lowest BCUT2D eigenvalue weighted by atomic mass is 9.82. The number of phenolic OH excluding ortho intramolecular Hbond substituents is 1. The van der Waals surface area contributed by atoms with E-state index in [4.69, 9.17) is 0 Å². The first kappa shape index (κ1) is 16.1. The van der Waals surface area contributed by atoms with Crippen LogP contribution < -0.4 is 10.9 Å². The Kier molecular flexibility index (Phi) is 3.41. The first-order valence-corrected chi connectivity index (χ1v) is 9.31. The second-order valence-electron chi connectivity index (χ2n) is 7.54. The van der Waals surface area contributed by atoms with Crippen LogP contribution in [-0.2, 0) is 17.8 Å². The van der Waals surface area contributed by atoms with E-state index in [-0.39, 0.29) is 23.1 Å². The number of benzene rings is 2. The van der Waals surface area contributed by atoms with Gasteiger partial charge in [0, 0.05) is 42.1 Å². The molecule has 3 heterocycles. The van der Waals surface area contributed by atoms with Crippen LogP contribution in [0.1, 0.15) is 41.0 Å². The SMILES string of the molecule is Cc1cc2c(cc1O)NC(=O)CC2c1cc(=O)n2c3c(cccc13)CCC2. The number of aromatic nitrogens is 1. The number of hydrogen-bond donors (Lipinski definition) is 2. The molecular weight excluding hydrogens is 340 g/mol. The van der Waals surface area contributed by atoms with Crippen LogP contribution in [0, 0.1) is 6.92 Å². The van der Waals surface area contributed by atoms with Crippen LogP contribution in [0.2, 0.25) is 0 Å². The third-order valence-electron chi connectivity index (χ3n) is 5.86. The van der Waals surface area contributed by atoms with Gasteiger partial charge in [-0.3, -0.25) is 9.59 Å². The van der Waals surface area contributed by atoms with Crippen molar-refractivity contribution in [2.45, 2.75) is 38.6 Å². The Morgan fingerprint density at radius 3 is 2.85 bits per heavy atom. The molecule has 0 bridgehead atoms. The van der Waals surface area contributed by atoms with Crippen molar-refractivity contribution in [3.8, 4) is 5.75 Å². The largest absolute Gasteiger partial charge is 0.508 e. The van der Waals surface area contributed by atoms with Crippen molar-refractivity contribution < 1.29 is 9.90 Å². The molecule has 2 aromatic carbocycles. The summed E-state index contributed by atoms with van der Waals surface area (Å²) in [6.07, 6.45) is 2.23. The summed E-state index contributed by atoms with van der Waals surface area (Å²) in [5, 5.41) is 13.9. The number of nitrogens with one attached hydrogen (secondary N) is 1. The fourth-order valence-corrected chi connectivity index (χ4v) is 4.57. The normalized spacial score (nSPS) is 18.3. The lowest BCUT2D eigenvalue weighted by molar-refractivity contribution is -0.116. The molecule has 27 heavy (non-hydrogen) atoms. The number of rotatable bonds is 1. The molecule has 0 saturated heterocycles. The van der Waals surface area contributed by atoms with Gasteiger partial charge >= 0.3 is 0 Å². The Hall–Kier alpha value is -3.08. The molecule has 1 unspecified atom stereocenters. The molecular formula is C22H20N2O3. The summed E-state index contributed by atoms with van der Waals surface area (Å²) < 4.78 is 1.86. The van der Waals surface area contributed by atoms with Crippen LogP contribution in [0.15, 0.2) is 41.2 Å². The Labute approximate surface area is 156 Å². The Balaban J connectivity index is 1.81.